The van der Waals surface area contributed by atoms with Gasteiger partial charge in [0.25, 0.3) is 0 Å². The third kappa shape index (κ3) is 3.20. The van der Waals surface area contributed by atoms with E-state index in [0.717, 1.165) is 25.1 Å². The molecule has 0 radical (unpaired) electrons. The molecule has 0 aromatic carbocycles. The topological polar surface area (TPSA) is 43.0 Å². The van der Waals surface area contributed by atoms with E-state index in [1.165, 1.54) is 5.56 Å². The van der Waals surface area contributed by atoms with Crippen LogP contribution in [0.1, 0.15) is 30.7 Å². The predicted octanol–water partition coefficient (Wildman–Crippen LogP) is 2.30. The molecular formula is C13H19N3O. The molecular weight excluding hydrogens is 214 g/mol. The van der Waals surface area contributed by atoms with Gasteiger partial charge in [-0.15, -0.1) is 0 Å². The molecule has 2 heterocycles. The molecule has 0 saturated carbocycles. The summed E-state index contributed by atoms with van der Waals surface area (Å²) in [5, 5.41) is 7.70. The van der Waals surface area contributed by atoms with Crippen molar-refractivity contribution < 1.29 is 4.42 Å². The molecule has 0 saturated heterocycles. The molecule has 0 spiro atoms. The Morgan fingerprint density at radius 3 is 3.00 bits per heavy atom. The third-order valence-corrected chi connectivity index (χ3v) is 2.84. The van der Waals surface area contributed by atoms with Crippen molar-refractivity contribution in [2.45, 2.75) is 25.8 Å². The van der Waals surface area contributed by atoms with Crippen LogP contribution in [0, 0.1) is 0 Å². The van der Waals surface area contributed by atoms with E-state index in [4.69, 9.17) is 4.42 Å². The van der Waals surface area contributed by atoms with Crippen molar-refractivity contribution >= 4 is 0 Å². The highest BCUT2D eigenvalue weighted by atomic mass is 16.3. The minimum atomic E-state index is 0.346. The summed E-state index contributed by atoms with van der Waals surface area (Å²) in [4.78, 5) is 0. The monoisotopic (exact) mass is 233 g/mol. The van der Waals surface area contributed by atoms with Gasteiger partial charge in [-0.3, -0.25) is 4.68 Å². The number of aryl methyl sites for hydroxylation is 2. The van der Waals surface area contributed by atoms with Crippen LogP contribution in [0.25, 0.3) is 0 Å². The van der Waals surface area contributed by atoms with E-state index in [2.05, 4.69) is 23.5 Å². The predicted molar refractivity (Wildman–Crippen MR) is 66.7 cm³/mol. The maximum Gasteiger partial charge on any atom is 0.103 e. The molecule has 2 rings (SSSR count). The normalized spacial score (nSPS) is 12.8. The zero-order chi connectivity index (χ0) is 12.1. The molecule has 0 aliphatic rings. The smallest absolute Gasteiger partial charge is 0.103 e. The first-order valence-corrected chi connectivity index (χ1v) is 6.04. The Morgan fingerprint density at radius 2 is 2.41 bits per heavy atom. The third-order valence-electron chi connectivity index (χ3n) is 2.84. The summed E-state index contributed by atoms with van der Waals surface area (Å²) in [6.45, 7) is 3.08. The first-order valence-electron chi connectivity index (χ1n) is 6.04. The number of aromatic nitrogens is 2. The SMILES string of the molecule is CCNC(CCc1ccco1)c1cnn(C)c1. The highest BCUT2D eigenvalue weighted by Gasteiger charge is 2.12. The van der Waals surface area contributed by atoms with Crippen molar-refractivity contribution in [1.82, 2.24) is 15.1 Å². The molecule has 0 aliphatic heterocycles. The van der Waals surface area contributed by atoms with Gasteiger partial charge >= 0.3 is 0 Å². The Hall–Kier alpha value is -1.55. The molecule has 17 heavy (non-hydrogen) atoms. The lowest BCUT2D eigenvalue weighted by molar-refractivity contribution is 0.458. The maximum absolute atomic E-state index is 5.35. The van der Waals surface area contributed by atoms with Gasteiger partial charge in [0.15, 0.2) is 0 Å². The number of hydrogen-bond acceptors (Lipinski definition) is 3. The molecule has 4 nitrogen and oxygen atoms in total. The lowest BCUT2D eigenvalue weighted by Gasteiger charge is -2.15. The van der Waals surface area contributed by atoms with Gasteiger partial charge in [0, 0.05) is 31.3 Å². The molecule has 0 bridgehead atoms. The Labute approximate surface area is 102 Å². The molecule has 1 atom stereocenters. The molecule has 0 fully saturated rings. The van der Waals surface area contributed by atoms with E-state index in [1.807, 2.05) is 30.1 Å². The van der Waals surface area contributed by atoms with Crippen molar-refractivity contribution in [2.24, 2.45) is 7.05 Å². The van der Waals surface area contributed by atoms with Gasteiger partial charge in [0.2, 0.25) is 0 Å². The van der Waals surface area contributed by atoms with E-state index in [1.54, 1.807) is 6.26 Å². The van der Waals surface area contributed by atoms with Crippen LogP contribution in [-0.2, 0) is 13.5 Å². The standard InChI is InChI=1S/C13H19N3O/c1-3-14-13(11-9-15-16(2)10-11)7-6-12-5-4-8-17-12/h4-5,8-10,13-14H,3,6-7H2,1-2H3. The van der Waals surface area contributed by atoms with Crippen LogP contribution in [0.3, 0.4) is 0 Å². The second kappa shape index (κ2) is 5.68. The largest absolute Gasteiger partial charge is 0.469 e. The average Bonchev–Trinajstić information content (AvgIpc) is 2.95. The summed E-state index contributed by atoms with van der Waals surface area (Å²) in [6, 6.07) is 4.30. The highest BCUT2D eigenvalue weighted by Crippen LogP contribution is 2.18. The Kier molecular flexibility index (Phi) is 3.98. The summed E-state index contributed by atoms with van der Waals surface area (Å²) in [6.07, 6.45) is 7.68. The number of nitrogens with zero attached hydrogens (tertiary/aromatic N) is 2. The first-order chi connectivity index (χ1) is 8.29. The van der Waals surface area contributed by atoms with Crippen LogP contribution in [0.4, 0.5) is 0 Å². The summed E-state index contributed by atoms with van der Waals surface area (Å²) in [5.41, 5.74) is 1.24. The minimum Gasteiger partial charge on any atom is -0.469 e. The number of nitrogens with one attached hydrogen (secondary N) is 1. The van der Waals surface area contributed by atoms with Crippen molar-refractivity contribution in [2.75, 3.05) is 6.54 Å². The molecule has 0 aliphatic carbocycles. The van der Waals surface area contributed by atoms with Crippen molar-refractivity contribution in [1.29, 1.82) is 0 Å². The Bertz CT molecular complexity index is 433. The van der Waals surface area contributed by atoms with E-state index >= 15 is 0 Å². The van der Waals surface area contributed by atoms with Gasteiger partial charge < -0.3 is 9.73 Å². The molecule has 1 unspecified atom stereocenters. The summed E-state index contributed by atoms with van der Waals surface area (Å²) >= 11 is 0. The summed E-state index contributed by atoms with van der Waals surface area (Å²) < 4.78 is 7.19. The van der Waals surface area contributed by atoms with Crippen molar-refractivity contribution in [3.63, 3.8) is 0 Å². The van der Waals surface area contributed by atoms with Gasteiger partial charge in [-0.25, -0.2) is 0 Å². The zero-order valence-electron chi connectivity index (χ0n) is 10.4. The van der Waals surface area contributed by atoms with Crippen LogP contribution in [0.2, 0.25) is 0 Å². The average molecular weight is 233 g/mol. The summed E-state index contributed by atoms with van der Waals surface area (Å²) in [7, 11) is 1.94. The molecule has 1 N–H and O–H groups in total. The lowest BCUT2D eigenvalue weighted by Crippen LogP contribution is -2.21. The molecule has 0 amide bonds. The molecule has 4 heteroatoms. The van der Waals surface area contributed by atoms with Gasteiger partial charge in [-0.2, -0.15) is 5.10 Å². The van der Waals surface area contributed by atoms with E-state index < -0.39 is 0 Å². The quantitative estimate of drug-likeness (QED) is 0.832. The number of furan rings is 1. The highest BCUT2D eigenvalue weighted by molar-refractivity contribution is 5.11. The molecule has 2 aromatic heterocycles. The number of rotatable bonds is 6. The molecule has 92 valence electrons. The fourth-order valence-corrected chi connectivity index (χ4v) is 1.99. The van der Waals surface area contributed by atoms with Gasteiger partial charge in [-0.1, -0.05) is 6.92 Å². The van der Waals surface area contributed by atoms with E-state index in [9.17, 15) is 0 Å². The van der Waals surface area contributed by atoms with Crippen LogP contribution in [0.15, 0.2) is 35.2 Å². The maximum atomic E-state index is 5.35. The van der Waals surface area contributed by atoms with E-state index in [0.29, 0.717) is 6.04 Å². The van der Waals surface area contributed by atoms with Gasteiger partial charge in [-0.05, 0) is 25.1 Å². The van der Waals surface area contributed by atoms with Crippen molar-refractivity contribution in [3.8, 4) is 0 Å². The Balaban J connectivity index is 1.97. The fourth-order valence-electron chi connectivity index (χ4n) is 1.99. The second-order valence-corrected chi connectivity index (χ2v) is 4.18. The van der Waals surface area contributed by atoms with Crippen LogP contribution in [0.5, 0.6) is 0 Å². The van der Waals surface area contributed by atoms with E-state index in [-0.39, 0.29) is 0 Å². The summed E-state index contributed by atoms with van der Waals surface area (Å²) in [5.74, 6) is 1.04. The zero-order valence-corrected chi connectivity index (χ0v) is 10.4. The minimum absolute atomic E-state index is 0.346. The number of hydrogen-bond donors (Lipinski definition) is 1. The molecule has 2 aromatic rings. The van der Waals surface area contributed by atoms with Crippen LogP contribution < -0.4 is 5.32 Å². The Morgan fingerprint density at radius 1 is 1.53 bits per heavy atom. The van der Waals surface area contributed by atoms with Crippen molar-refractivity contribution in [3.05, 3.63) is 42.1 Å². The fraction of sp³-hybridized carbons (Fsp3) is 0.462. The van der Waals surface area contributed by atoms with Gasteiger partial charge in [0.05, 0.1) is 12.5 Å². The lowest BCUT2D eigenvalue weighted by atomic mass is 10.0. The van der Waals surface area contributed by atoms with Crippen LogP contribution in [-0.4, -0.2) is 16.3 Å². The van der Waals surface area contributed by atoms with Gasteiger partial charge in [0.1, 0.15) is 5.76 Å². The first kappa shape index (κ1) is 11.9. The second-order valence-electron chi connectivity index (χ2n) is 4.18. The van der Waals surface area contributed by atoms with Crippen LogP contribution >= 0.6 is 0 Å².